The van der Waals surface area contributed by atoms with Gasteiger partial charge in [-0.2, -0.15) is 4.31 Å². The molecule has 1 aliphatic rings. The maximum absolute atomic E-state index is 12.5. The van der Waals surface area contributed by atoms with Gasteiger partial charge in [0.05, 0.1) is 4.90 Å². The molecule has 94 valence electrons. The second-order valence-corrected chi connectivity index (χ2v) is 7.01. The quantitative estimate of drug-likeness (QED) is 0.850. The lowest BCUT2D eigenvalue weighted by Gasteiger charge is -2.21. The molecule has 2 rings (SSSR count). The first-order valence-corrected chi connectivity index (χ1v) is 7.73. The number of nitrogens with zero attached hydrogens (tertiary/aromatic N) is 1. The second-order valence-electron chi connectivity index (χ2n) is 4.30. The van der Waals surface area contributed by atoms with Crippen molar-refractivity contribution in [2.75, 3.05) is 12.3 Å². The van der Waals surface area contributed by atoms with Crippen LogP contribution >= 0.6 is 15.9 Å². The van der Waals surface area contributed by atoms with E-state index >= 15 is 0 Å². The van der Waals surface area contributed by atoms with Gasteiger partial charge >= 0.3 is 0 Å². The Morgan fingerprint density at radius 1 is 1.47 bits per heavy atom. The number of halogens is 1. The summed E-state index contributed by atoms with van der Waals surface area (Å²) in [5, 5.41) is 0. The van der Waals surface area contributed by atoms with Crippen molar-refractivity contribution in [2.24, 2.45) is 0 Å². The highest BCUT2D eigenvalue weighted by molar-refractivity contribution is 9.10. The molecule has 0 spiro atoms. The fraction of sp³-hybridized carbons (Fsp3) is 0.455. The van der Waals surface area contributed by atoms with E-state index in [0.29, 0.717) is 16.7 Å². The van der Waals surface area contributed by atoms with Crippen molar-refractivity contribution >= 4 is 31.6 Å². The highest BCUT2D eigenvalue weighted by atomic mass is 79.9. The molecule has 1 unspecified atom stereocenters. The minimum absolute atomic E-state index is 0.0633. The zero-order valence-electron chi connectivity index (χ0n) is 9.56. The van der Waals surface area contributed by atoms with Gasteiger partial charge in [-0.15, -0.1) is 0 Å². The Morgan fingerprint density at radius 3 is 2.76 bits per heavy atom. The van der Waals surface area contributed by atoms with E-state index in [1.807, 2.05) is 6.92 Å². The van der Waals surface area contributed by atoms with Crippen LogP contribution in [0.15, 0.2) is 27.6 Å². The van der Waals surface area contributed by atoms with E-state index in [4.69, 9.17) is 5.73 Å². The molecule has 1 saturated heterocycles. The lowest BCUT2D eigenvalue weighted by atomic mass is 10.3. The van der Waals surface area contributed by atoms with Crippen LogP contribution in [-0.2, 0) is 10.0 Å². The molecule has 0 saturated carbocycles. The maximum atomic E-state index is 12.5. The van der Waals surface area contributed by atoms with Crippen LogP contribution in [0.1, 0.15) is 19.8 Å². The van der Waals surface area contributed by atoms with Crippen LogP contribution in [0.25, 0.3) is 0 Å². The number of nitrogen functional groups attached to an aromatic ring is 1. The topological polar surface area (TPSA) is 63.4 Å². The molecule has 1 fully saturated rings. The number of sulfonamides is 1. The maximum Gasteiger partial charge on any atom is 0.244 e. The summed E-state index contributed by atoms with van der Waals surface area (Å²) in [6, 6.07) is 4.91. The Morgan fingerprint density at radius 2 is 2.18 bits per heavy atom. The zero-order valence-corrected chi connectivity index (χ0v) is 12.0. The Hall–Kier alpha value is -0.590. The van der Waals surface area contributed by atoms with Crippen molar-refractivity contribution in [3.05, 3.63) is 22.7 Å². The number of nitrogens with two attached hydrogens (primary N) is 1. The van der Waals surface area contributed by atoms with Gasteiger partial charge in [-0.3, -0.25) is 0 Å². The molecule has 1 aromatic rings. The van der Waals surface area contributed by atoms with Crippen molar-refractivity contribution in [3.63, 3.8) is 0 Å². The monoisotopic (exact) mass is 318 g/mol. The highest BCUT2D eigenvalue weighted by Gasteiger charge is 2.33. The largest absolute Gasteiger partial charge is 0.399 e. The first kappa shape index (κ1) is 12.9. The van der Waals surface area contributed by atoms with Crippen LogP contribution in [0.5, 0.6) is 0 Å². The molecule has 17 heavy (non-hydrogen) atoms. The summed E-state index contributed by atoms with van der Waals surface area (Å²) in [7, 11) is -3.43. The summed E-state index contributed by atoms with van der Waals surface area (Å²) >= 11 is 3.27. The van der Waals surface area contributed by atoms with E-state index in [1.165, 1.54) is 6.07 Å². The molecular formula is C11H15BrN2O2S. The van der Waals surface area contributed by atoms with Gasteiger partial charge in [-0.25, -0.2) is 8.42 Å². The molecule has 1 aromatic carbocycles. The molecule has 1 heterocycles. The highest BCUT2D eigenvalue weighted by Crippen LogP contribution is 2.31. The lowest BCUT2D eigenvalue weighted by Crippen LogP contribution is -2.33. The van der Waals surface area contributed by atoms with E-state index < -0.39 is 10.0 Å². The van der Waals surface area contributed by atoms with Gasteiger partial charge in [-0.05, 0) is 53.9 Å². The third-order valence-electron chi connectivity index (χ3n) is 3.03. The Kier molecular flexibility index (Phi) is 3.47. The fourth-order valence-electron chi connectivity index (χ4n) is 2.11. The third-order valence-corrected chi connectivity index (χ3v) is 6.04. The van der Waals surface area contributed by atoms with E-state index in [-0.39, 0.29) is 10.9 Å². The summed E-state index contributed by atoms with van der Waals surface area (Å²) < 4.78 is 27.0. The van der Waals surface area contributed by atoms with Crippen molar-refractivity contribution in [1.29, 1.82) is 0 Å². The van der Waals surface area contributed by atoms with Gasteiger partial charge in [0.15, 0.2) is 0 Å². The van der Waals surface area contributed by atoms with Gasteiger partial charge in [-0.1, -0.05) is 0 Å². The van der Waals surface area contributed by atoms with E-state index in [0.717, 1.165) is 12.8 Å². The molecule has 0 bridgehead atoms. The molecule has 2 N–H and O–H groups in total. The molecule has 1 atom stereocenters. The normalized spacial score (nSPS) is 21.9. The minimum atomic E-state index is -3.43. The summed E-state index contributed by atoms with van der Waals surface area (Å²) in [5.41, 5.74) is 6.11. The van der Waals surface area contributed by atoms with E-state index in [9.17, 15) is 8.42 Å². The van der Waals surface area contributed by atoms with Crippen LogP contribution in [-0.4, -0.2) is 25.3 Å². The van der Waals surface area contributed by atoms with Crippen LogP contribution in [0.4, 0.5) is 5.69 Å². The molecule has 0 amide bonds. The molecule has 6 heteroatoms. The number of rotatable bonds is 2. The Bertz CT molecular complexity index is 530. The molecule has 0 aliphatic carbocycles. The number of hydrogen-bond acceptors (Lipinski definition) is 3. The summed E-state index contributed by atoms with van der Waals surface area (Å²) in [4.78, 5) is 0.256. The van der Waals surface area contributed by atoms with Crippen molar-refractivity contribution < 1.29 is 8.42 Å². The molecule has 1 aliphatic heterocycles. The van der Waals surface area contributed by atoms with Gasteiger partial charge in [0.2, 0.25) is 10.0 Å². The van der Waals surface area contributed by atoms with E-state index in [2.05, 4.69) is 15.9 Å². The second kappa shape index (κ2) is 4.59. The standard InChI is InChI=1S/C11H15BrN2O2S/c1-8-3-2-6-14(8)17(15,16)11-7-9(13)4-5-10(11)12/h4-5,7-8H,2-3,6,13H2,1H3. The fourth-order valence-corrected chi connectivity index (χ4v) is 4.77. The van der Waals surface area contributed by atoms with Gasteiger partial charge in [0.25, 0.3) is 0 Å². The number of hydrogen-bond donors (Lipinski definition) is 1. The lowest BCUT2D eigenvalue weighted by molar-refractivity contribution is 0.408. The molecule has 4 nitrogen and oxygen atoms in total. The first-order valence-electron chi connectivity index (χ1n) is 5.50. The Labute approximate surface area is 110 Å². The summed E-state index contributed by atoms with van der Waals surface area (Å²) in [5.74, 6) is 0. The average molecular weight is 319 g/mol. The van der Waals surface area contributed by atoms with Crippen molar-refractivity contribution in [2.45, 2.75) is 30.7 Å². The van der Waals surface area contributed by atoms with E-state index in [1.54, 1.807) is 16.4 Å². The van der Waals surface area contributed by atoms with Gasteiger partial charge in [0.1, 0.15) is 0 Å². The van der Waals surface area contributed by atoms with Crippen LogP contribution < -0.4 is 5.73 Å². The summed E-state index contributed by atoms with van der Waals surface area (Å²) in [6.07, 6.45) is 1.83. The smallest absolute Gasteiger partial charge is 0.244 e. The first-order chi connectivity index (χ1) is 7.93. The van der Waals surface area contributed by atoms with Crippen molar-refractivity contribution in [3.8, 4) is 0 Å². The number of anilines is 1. The van der Waals surface area contributed by atoms with Crippen LogP contribution in [0.3, 0.4) is 0 Å². The van der Waals surface area contributed by atoms with Crippen LogP contribution in [0.2, 0.25) is 0 Å². The van der Waals surface area contributed by atoms with Crippen LogP contribution in [0, 0.1) is 0 Å². The van der Waals surface area contributed by atoms with Gasteiger partial charge < -0.3 is 5.73 Å². The summed E-state index contributed by atoms with van der Waals surface area (Å²) in [6.45, 7) is 2.52. The van der Waals surface area contributed by atoms with Gasteiger partial charge in [0, 0.05) is 22.7 Å². The SMILES string of the molecule is CC1CCCN1S(=O)(=O)c1cc(N)ccc1Br. The predicted octanol–water partition coefficient (Wildman–Crippen LogP) is 2.20. The Balaban J connectivity index is 2.48. The van der Waals surface area contributed by atoms with Crippen molar-refractivity contribution in [1.82, 2.24) is 4.31 Å². The zero-order chi connectivity index (χ0) is 12.6. The number of benzene rings is 1. The molecule has 0 radical (unpaired) electrons. The predicted molar refractivity (Wildman–Crippen MR) is 71.1 cm³/mol. The molecule has 0 aromatic heterocycles. The third kappa shape index (κ3) is 2.34. The minimum Gasteiger partial charge on any atom is -0.399 e. The average Bonchev–Trinajstić information content (AvgIpc) is 2.68. The molecular weight excluding hydrogens is 304 g/mol.